The number of fused-ring (bicyclic) bond motifs is 1. The van der Waals surface area contributed by atoms with Crippen molar-refractivity contribution in [3.63, 3.8) is 0 Å². The summed E-state index contributed by atoms with van der Waals surface area (Å²) in [6.45, 7) is 8.41. The number of thiazole rings is 1. The van der Waals surface area contributed by atoms with Crippen molar-refractivity contribution < 1.29 is 9.90 Å². The van der Waals surface area contributed by atoms with E-state index in [2.05, 4.69) is 48.6 Å². The maximum Gasteiger partial charge on any atom is 0.335 e. The molecule has 0 fully saturated rings. The van der Waals surface area contributed by atoms with E-state index in [0.717, 1.165) is 32.7 Å². The molecule has 0 aliphatic carbocycles. The predicted molar refractivity (Wildman–Crippen MR) is 129 cm³/mol. The number of carbonyl (C=O) groups is 1. The summed E-state index contributed by atoms with van der Waals surface area (Å²) in [5.74, 6) is 6.17. The highest BCUT2D eigenvalue weighted by molar-refractivity contribution is 7.13. The Morgan fingerprint density at radius 3 is 2.88 bits per heavy atom. The van der Waals surface area contributed by atoms with E-state index >= 15 is 0 Å². The van der Waals surface area contributed by atoms with Crippen LogP contribution in [0.2, 0.25) is 0 Å². The Balaban J connectivity index is 1.85. The molecule has 2 N–H and O–H groups in total. The molecule has 3 heterocycles. The number of aromatic nitrogens is 6. The van der Waals surface area contributed by atoms with E-state index < -0.39 is 5.97 Å². The molecule has 0 amide bonds. The number of tetrazole rings is 1. The number of aromatic carboxylic acids is 1. The smallest absolute Gasteiger partial charge is 0.335 e. The van der Waals surface area contributed by atoms with Crippen molar-refractivity contribution in [3.05, 3.63) is 69.1 Å². The summed E-state index contributed by atoms with van der Waals surface area (Å²) in [7, 11) is 0. The number of hydrogen-bond acceptors (Lipinski definition) is 6. The largest absolute Gasteiger partial charge is 0.478 e. The molecule has 0 saturated carbocycles. The zero-order chi connectivity index (χ0) is 23.4. The van der Waals surface area contributed by atoms with Gasteiger partial charge in [-0.05, 0) is 61.1 Å². The summed E-state index contributed by atoms with van der Waals surface area (Å²) in [6, 6.07) is 5.17. The third-order valence-corrected chi connectivity index (χ3v) is 6.15. The van der Waals surface area contributed by atoms with Crippen molar-refractivity contribution in [1.29, 1.82) is 0 Å². The van der Waals surface area contributed by atoms with Crippen molar-refractivity contribution >= 4 is 40.4 Å². The molecule has 4 aromatic rings. The average molecular weight is 459 g/mol. The van der Waals surface area contributed by atoms with E-state index in [1.807, 2.05) is 32.1 Å². The van der Waals surface area contributed by atoms with Gasteiger partial charge >= 0.3 is 5.97 Å². The Hall–Kier alpha value is -4.03. The molecular formula is C24H22N6O2S. The first-order valence-corrected chi connectivity index (χ1v) is 11.3. The monoisotopic (exact) mass is 458 g/mol. The van der Waals surface area contributed by atoms with Crippen molar-refractivity contribution in [2.45, 2.75) is 33.2 Å². The summed E-state index contributed by atoms with van der Waals surface area (Å²) in [4.78, 5) is 17.2. The van der Waals surface area contributed by atoms with Gasteiger partial charge in [-0.1, -0.05) is 24.8 Å². The lowest BCUT2D eigenvalue weighted by atomic mass is 10.1. The van der Waals surface area contributed by atoms with Gasteiger partial charge in [0.2, 0.25) is 0 Å². The van der Waals surface area contributed by atoms with Gasteiger partial charge in [-0.2, -0.15) is 5.21 Å². The van der Waals surface area contributed by atoms with Crippen molar-refractivity contribution in [2.75, 3.05) is 0 Å². The van der Waals surface area contributed by atoms with Crippen LogP contribution in [0.3, 0.4) is 0 Å². The van der Waals surface area contributed by atoms with Gasteiger partial charge in [-0.15, -0.1) is 21.5 Å². The first kappa shape index (κ1) is 22.2. The quantitative estimate of drug-likeness (QED) is 0.402. The normalized spacial score (nSPS) is 11.1. The number of rotatable bonds is 7. The number of nitrogens with zero attached hydrogens (tertiary/aromatic N) is 5. The summed E-state index contributed by atoms with van der Waals surface area (Å²) in [6.07, 6.45) is 6.94. The summed E-state index contributed by atoms with van der Waals surface area (Å²) in [5.41, 5.74) is 3.81. The Morgan fingerprint density at radius 1 is 1.36 bits per heavy atom. The van der Waals surface area contributed by atoms with Crippen molar-refractivity contribution in [3.8, 4) is 11.8 Å². The van der Waals surface area contributed by atoms with Crippen molar-refractivity contribution in [2.24, 2.45) is 0 Å². The number of hydrogen-bond donors (Lipinski definition) is 2. The van der Waals surface area contributed by atoms with E-state index in [1.54, 1.807) is 18.2 Å². The summed E-state index contributed by atoms with van der Waals surface area (Å²) >= 11 is 1.51. The molecule has 9 heteroatoms. The molecule has 0 aliphatic heterocycles. The van der Waals surface area contributed by atoms with Crippen LogP contribution in [-0.2, 0) is 19.4 Å². The molecule has 0 spiro atoms. The average Bonchev–Trinajstić information content (AvgIpc) is 3.53. The molecule has 0 atom stereocenters. The molecular weight excluding hydrogens is 436 g/mol. The number of benzene rings is 1. The second-order valence-corrected chi connectivity index (χ2v) is 8.20. The van der Waals surface area contributed by atoms with E-state index in [-0.39, 0.29) is 5.56 Å². The number of carboxylic acids is 1. The summed E-state index contributed by atoms with van der Waals surface area (Å²) in [5, 5.41) is 25.2. The number of H-pyrrole nitrogens is 1. The number of nitrogens with one attached hydrogen (secondary N) is 1. The number of aromatic amines is 1. The molecule has 0 unspecified atom stereocenters. The van der Waals surface area contributed by atoms with Gasteiger partial charge in [-0.25, -0.2) is 9.78 Å². The number of carboxylic acid groups (broad SMARTS) is 1. The van der Waals surface area contributed by atoms with Crippen LogP contribution in [0.4, 0.5) is 0 Å². The van der Waals surface area contributed by atoms with E-state index in [1.165, 1.54) is 11.3 Å². The topological polar surface area (TPSA) is 110 Å². The minimum Gasteiger partial charge on any atom is -0.478 e. The van der Waals surface area contributed by atoms with Crippen LogP contribution in [0, 0.1) is 11.8 Å². The van der Waals surface area contributed by atoms with Crippen molar-refractivity contribution in [1.82, 2.24) is 30.2 Å². The first-order valence-electron chi connectivity index (χ1n) is 10.4. The van der Waals surface area contributed by atoms with E-state index in [4.69, 9.17) is 0 Å². The summed E-state index contributed by atoms with van der Waals surface area (Å²) < 4.78 is 2.10. The lowest BCUT2D eigenvalue weighted by Crippen LogP contribution is -2.06. The number of allylic oxidation sites excluding steroid dienone is 1. The zero-order valence-corrected chi connectivity index (χ0v) is 19.1. The molecule has 3 aromatic heterocycles. The maximum atomic E-state index is 11.6. The van der Waals surface area contributed by atoms with Crippen LogP contribution < -0.4 is 0 Å². The lowest BCUT2D eigenvalue weighted by Gasteiger charge is -2.06. The third kappa shape index (κ3) is 4.47. The zero-order valence-electron chi connectivity index (χ0n) is 18.3. The second kappa shape index (κ2) is 9.63. The van der Waals surface area contributed by atoms with Gasteiger partial charge in [-0.3, -0.25) is 0 Å². The maximum absolute atomic E-state index is 11.6. The second-order valence-electron chi connectivity index (χ2n) is 7.17. The van der Waals surface area contributed by atoms with Gasteiger partial charge < -0.3 is 9.67 Å². The van der Waals surface area contributed by atoms with Crippen LogP contribution >= 0.6 is 11.3 Å². The van der Waals surface area contributed by atoms with Gasteiger partial charge in [0.25, 0.3) is 0 Å². The SMILES string of the molecule is C=Cc1nc(C#Cc2c(CC)c3cc(C(=O)O)ccc3n2CCc2nn[nH]n2)sc1/C=C\C. The van der Waals surface area contributed by atoms with Gasteiger partial charge in [0.15, 0.2) is 10.8 Å². The minimum atomic E-state index is -0.956. The molecule has 0 bridgehead atoms. The molecule has 0 saturated heterocycles. The Labute approximate surface area is 194 Å². The van der Waals surface area contributed by atoms with Gasteiger partial charge in [0, 0.05) is 23.9 Å². The highest BCUT2D eigenvalue weighted by Gasteiger charge is 2.17. The number of aryl methyl sites for hydroxylation is 3. The van der Waals surface area contributed by atoms with E-state index in [0.29, 0.717) is 30.2 Å². The Morgan fingerprint density at radius 2 is 2.21 bits per heavy atom. The van der Waals surface area contributed by atoms with Crippen LogP contribution in [0.15, 0.2) is 30.9 Å². The van der Waals surface area contributed by atoms with Crippen LogP contribution in [0.5, 0.6) is 0 Å². The van der Waals surface area contributed by atoms with Crippen LogP contribution in [0.1, 0.15) is 56.9 Å². The molecule has 0 radical (unpaired) electrons. The van der Waals surface area contributed by atoms with Gasteiger partial charge in [0.1, 0.15) is 0 Å². The van der Waals surface area contributed by atoms with E-state index in [9.17, 15) is 9.90 Å². The fraction of sp³-hybridized carbons (Fsp3) is 0.208. The highest BCUT2D eigenvalue weighted by atomic mass is 32.1. The van der Waals surface area contributed by atoms with Crippen LogP contribution in [-0.4, -0.2) is 41.3 Å². The fourth-order valence-corrected chi connectivity index (χ4v) is 4.61. The van der Waals surface area contributed by atoms with Gasteiger partial charge in [0.05, 0.1) is 21.8 Å². The first-order chi connectivity index (χ1) is 16.0. The highest BCUT2D eigenvalue weighted by Crippen LogP contribution is 2.28. The molecule has 8 nitrogen and oxygen atoms in total. The predicted octanol–water partition coefficient (Wildman–Crippen LogP) is 4.19. The molecule has 0 aliphatic rings. The standard InChI is InChI=1S/C24H22N6O2S/c1-4-7-21-18(6-3)25-23(33-21)11-10-19-16(5-2)17-14-15(24(31)32)8-9-20(17)30(19)13-12-22-26-28-29-27-22/h4,6-9,14H,3,5,12-13H2,1-2H3,(H,31,32)(H,26,27,28,29)/b7-4-. The third-order valence-electron chi connectivity index (χ3n) is 5.20. The minimum absolute atomic E-state index is 0.249. The molecule has 1 aromatic carbocycles. The fourth-order valence-electron chi connectivity index (χ4n) is 3.72. The molecule has 166 valence electrons. The Bertz CT molecular complexity index is 1420. The molecule has 33 heavy (non-hydrogen) atoms. The lowest BCUT2D eigenvalue weighted by molar-refractivity contribution is 0.0697. The van der Waals surface area contributed by atoms with Crippen LogP contribution in [0.25, 0.3) is 23.1 Å². The molecule has 4 rings (SSSR count). The Kier molecular flexibility index (Phi) is 6.47.